The molecule has 2 aliphatic rings. The molecule has 35 heavy (non-hydrogen) atoms. The Kier molecular flexibility index (Phi) is 7.85. The second-order valence-corrected chi connectivity index (χ2v) is 8.90. The van der Waals surface area contributed by atoms with Crippen LogP contribution in [0.5, 0.6) is 11.5 Å². The van der Waals surface area contributed by atoms with Gasteiger partial charge in [0.05, 0.1) is 38.5 Å². The Hall–Kier alpha value is -3.03. The summed E-state index contributed by atoms with van der Waals surface area (Å²) in [6, 6.07) is 27.2. The van der Waals surface area contributed by atoms with Crippen LogP contribution in [0.3, 0.4) is 0 Å². The molecule has 0 amide bonds. The number of nitrogens with zero attached hydrogens (tertiary/aromatic N) is 2. The maximum atomic E-state index is 14.2. The molecule has 0 aromatic heterocycles. The summed E-state index contributed by atoms with van der Waals surface area (Å²) in [6.45, 7) is 5.71. The van der Waals surface area contributed by atoms with Crippen molar-refractivity contribution in [1.29, 1.82) is 0 Å². The van der Waals surface area contributed by atoms with Crippen LogP contribution in [-0.4, -0.2) is 74.2 Å². The molecule has 0 spiro atoms. The number of benzene rings is 3. The molecule has 0 radical (unpaired) electrons. The van der Waals surface area contributed by atoms with Crippen molar-refractivity contribution in [1.82, 2.24) is 9.80 Å². The van der Waals surface area contributed by atoms with Crippen molar-refractivity contribution < 1.29 is 19.0 Å². The van der Waals surface area contributed by atoms with Crippen LogP contribution in [0.4, 0.5) is 0 Å². The molecule has 0 bridgehead atoms. The fourth-order valence-corrected chi connectivity index (χ4v) is 4.95. The molecule has 2 aliphatic heterocycles. The van der Waals surface area contributed by atoms with Crippen LogP contribution >= 0.6 is 0 Å². The highest BCUT2D eigenvalue weighted by atomic mass is 16.5. The number of ketones is 1. The van der Waals surface area contributed by atoms with Crippen molar-refractivity contribution in [3.05, 3.63) is 96.1 Å². The molecular formula is C29H32N2O4. The number of hydrogen-bond acceptors (Lipinski definition) is 6. The van der Waals surface area contributed by atoms with Gasteiger partial charge in [-0.2, -0.15) is 0 Å². The van der Waals surface area contributed by atoms with Gasteiger partial charge in [0.2, 0.25) is 0 Å². The lowest BCUT2D eigenvalue weighted by Gasteiger charge is -2.44. The summed E-state index contributed by atoms with van der Waals surface area (Å²) in [5, 5.41) is 0. The number of rotatable bonds is 8. The van der Waals surface area contributed by atoms with Gasteiger partial charge in [-0.05, 0) is 42.0 Å². The minimum atomic E-state index is -0.319. The van der Waals surface area contributed by atoms with Crippen LogP contribution in [0.1, 0.15) is 22.0 Å². The zero-order valence-corrected chi connectivity index (χ0v) is 19.9. The highest BCUT2D eigenvalue weighted by Crippen LogP contribution is 2.32. The van der Waals surface area contributed by atoms with Crippen molar-refractivity contribution in [3.63, 3.8) is 0 Å². The zero-order chi connectivity index (χ0) is 23.9. The molecule has 2 unspecified atom stereocenters. The van der Waals surface area contributed by atoms with Gasteiger partial charge in [-0.3, -0.25) is 14.6 Å². The van der Waals surface area contributed by atoms with Gasteiger partial charge in [0.15, 0.2) is 5.78 Å². The van der Waals surface area contributed by atoms with Gasteiger partial charge >= 0.3 is 0 Å². The van der Waals surface area contributed by atoms with Crippen LogP contribution in [0.15, 0.2) is 84.9 Å². The van der Waals surface area contributed by atoms with Crippen LogP contribution < -0.4 is 4.74 Å². The van der Waals surface area contributed by atoms with Gasteiger partial charge in [0, 0.05) is 31.7 Å². The van der Waals surface area contributed by atoms with Crippen LogP contribution in [0.25, 0.3) is 0 Å². The van der Waals surface area contributed by atoms with E-state index in [9.17, 15) is 4.79 Å². The van der Waals surface area contributed by atoms with Crippen LogP contribution in [0.2, 0.25) is 0 Å². The van der Waals surface area contributed by atoms with E-state index in [4.69, 9.17) is 14.2 Å². The lowest BCUT2D eigenvalue weighted by molar-refractivity contribution is -0.0301. The van der Waals surface area contributed by atoms with Gasteiger partial charge in [-0.1, -0.05) is 48.5 Å². The zero-order valence-electron chi connectivity index (χ0n) is 19.9. The monoisotopic (exact) mass is 472 g/mol. The molecule has 2 saturated heterocycles. The summed E-state index contributed by atoms with van der Waals surface area (Å²) in [7, 11) is 0. The Balaban J connectivity index is 1.46. The molecular weight excluding hydrogens is 440 g/mol. The number of carbonyl (C=O) groups is 1. The van der Waals surface area contributed by atoms with Gasteiger partial charge in [0.25, 0.3) is 0 Å². The summed E-state index contributed by atoms with van der Waals surface area (Å²) >= 11 is 0. The number of morpholine rings is 2. The third kappa shape index (κ3) is 5.80. The highest BCUT2D eigenvalue weighted by Gasteiger charge is 2.39. The van der Waals surface area contributed by atoms with E-state index in [1.54, 1.807) is 0 Å². The molecule has 6 heteroatoms. The molecule has 182 valence electrons. The molecule has 3 aromatic rings. The quantitative estimate of drug-likeness (QED) is 0.452. The lowest BCUT2D eigenvalue weighted by atomic mass is 9.89. The first-order chi connectivity index (χ1) is 17.3. The van der Waals surface area contributed by atoms with E-state index in [1.165, 1.54) is 0 Å². The fraction of sp³-hybridized carbons (Fsp3) is 0.345. The average Bonchev–Trinajstić information content (AvgIpc) is 2.94. The lowest BCUT2D eigenvalue weighted by Crippen LogP contribution is -2.55. The predicted molar refractivity (Wildman–Crippen MR) is 135 cm³/mol. The Morgan fingerprint density at radius 1 is 0.657 bits per heavy atom. The standard InChI is InChI=1S/C29H32N2O4/c32-29(24-11-13-26(14-12-24)35-25-9-5-2-6-10-25)28(31-17-21-34-22-18-31)27(23-7-3-1-4-8-23)30-15-19-33-20-16-30/h1-14,27-28H,15-22H2. The molecule has 2 atom stereocenters. The van der Waals surface area contributed by atoms with Crippen molar-refractivity contribution in [3.8, 4) is 11.5 Å². The first-order valence-electron chi connectivity index (χ1n) is 12.4. The van der Waals surface area contributed by atoms with Gasteiger partial charge in [0.1, 0.15) is 11.5 Å². The van der Waals surface area contributed by atoms with E-state index < -0.39 is 0 Å². The molecule has 3 aromatic carbocycles. The Morgan fingerprint density at radius 2 is 1.17 bits per heavy atom. The first kappa shape index (κ1) is 23.7. The Morgan fingerprint density at radius 3 is 1.77 bits per heavy atom. The number of carbonyl (C=O) groups excluding carboxylic acids is 1. The molecule has 0 saturated carbocycles. The van der Waals surface area contributed by atoms with Crippen LogP contribution in [0, 0.1) is 0 Å². The number of para-hydroxylation sites is 1. The van der Waals surface area contributed by atoms with Crippen molar-refractivity contribution in [2.45, 2.75) is 12.1 Å². The molecule has 5 rings (SSSR count). The second-order valence-electron chi connectivity index (χ2n) is 8.90. The summed E-state index contributed by atoms with van der Waals surface area (Å²) in [6.07, 6.45) is 0. The summed E-state index contributed by atoms with van der Waals surface area (Å²) in [5.74, 6) is 1.61. The Labute approximate surface area is 207 Å². The third-order valence-electron chi connectivity index (χ3n) is 6.70. The largest absolute Gasteiger partial charge is 0.457 e. The number of Topliss-reactive ketones (excluding diaryl/α,β-unsaturated/α-hetero) is 1. The van der Waals surface area contributed by atoms with Crippen molar-refractivity contribution in [2.75, 3.05) is 52.6 Å². The maximum Gasteiger partial charge on any atom is 0.181 e. The van der Waals surface area contributed by atoms with Gasteiger partial charge in [-0.25, -0.2) is 0 Å². The normalized spacial score (nSPS) is 19.1. The summed E-state index contributed by atoms with van der Waals surface area (Å²) < 4.78 is 17.2. The smallest absolute Gasteiger partial charge is 0.181 e. The van der Waals surface area contributed by atoms with E-state index in [2.05, 4.69) is 34.1 Å². The van der Waals surface area contributed by atoms with Crippen LogP contribution in [-0.2, 0) is 9.47 Å². The first-order valence-corrected chi connectivity index (χ1v) is 12.4. The van der Waals surface area contributed by atoms with Gasteiger partial charge < -0.3 is 14.2 Å². The van der Waals surface area contributed by atoms with E-state index in [0.717, 1.165) is 37.5 Å². The van der Waals surface area contributed by atoms with Crippen molar-refractivity contribution in [2.24, 2.45) is 0 Å². The molecule has 0 N–H and O–H groups in total. The topological polar surface area (TPSA) is 51.2 Å². The van der Waals surface area contributed by atoms with E-state index >= 15 is 0 Å². The summed E-state index contributed by atoms with van der Waals surface area (Å²) in [5.41, 5.74) is 1.85. The van der Waals surface area contributed by atoms with E-state index in [1.807, 2.05) is 60.7 Å². The predicted octanol–water partition coefficient (Wildman–Crippen LogP) is 4.44. The molecule has 0 aliphatic carbocycles. The molecule has 2 heterocycles. The molecule has 6 nitrogen and oxygen atoms in total. The highest BCUT2D eigenvalue weighted by molar-refractivity contribution is 6.00. The van der Waals surface area contributed by atoms with E-state index in [-0.39, 0.29) is 17.9 Å². The second kappa shape index (κ2) is 11.6. The minimum absolute atomic E-state index is 0.0639. The average molecular weight is 473 g/mol. The van der Waals surface area contributed by atoms with Crippen molar-refractivity contribution >= 4 is 5.78 Å². The number of ether oxygens (including phenoxy) is 3. The van der Waals surface area contributed by atoms with Gasteiger partial charge in [-0.15, -0.1) is 0 Å². The SMILES string of the molecule is O=C(c1ccc(Oc2ccccc2)cc1)C(C(c1ccccc1)N1CCOCC1)N1CCOCC1. The maximum absolute atomic E-state index is 14.2. The number of hydrogen-bond donors (Lipinski definition) is 0. The fourth-order valence-electron chi connectivity index (χ4n) is 4.95. The molecule has 2 fully saturated rings. The minimum Gasteiger partial charge on any atom is -0.457 e. The van der Waals surface area contributed by atoms with E-state index in [0.29, 0.717) is 37.7 Å². The summed E-state index contributed by atoms with van der Waals surface area (Å²) in [4.78, 5) is 18.9. The third-order valence-corrected chi connectivity index (χ3v) is 6.70. The Bertz CT molecular complexity index is 1060.